The van der Waals surface area contributed by atoms with Crippen molar-refractivity contribution in [1.29, 1.82) is 0 Å². The maximum absolute atomic E-state index is 14.2. The number of carbonyl (C=O) groups is 1. The van der Waals surface area contributed by atoms with Gasteiger partial charge < -0.3 is 10.6 Å². The first-order chi connectivity index (χ1) is 8.72. The molecule has 3 nitrogen and oxygen atoms in total. The highest BCUT2D eigenvalue weighted by Crippen LogP contribution is 2.21. The van der Waals surface area contributed by atoms with Gasteiger partial charge in [0, 0.05) is 12.5 Å². The fraction of sp³-hybridized carbons (Fsp3) is 0.500. The number of hydrogen-bond donors (Lipinski definition) is 2. The average molecular weight is 250 g/mol. The molecule has 0 radical (unpaired) electrons. The number of Topliss-reactive ketones (excluding diaryl/α,β-unsaturated/α-hetero) is 1. The van der Waals surface area contributed by atoms with E-state index in [9.17, 15) is 9.18 Å². The van der Waals surface area contributed by atoms with Crippen LogP contribution in [-0.2, 0) is 0 Å². The lowest BCUT2D eigenvalue weighted by atomic mass is 10.0. The highest BCUT2D eigenvalue weighted by Gasteiger charge is 2.17. The number of benzene rings is 1. The van der Waals surface area contributed by atoms with Gasteiger partial charge in [0.25, 0.3) is 0 Å². The van der Waals surface area contributed by atoms with Crippen LogP contribution in [-0.4, -0.2) is 24.9 Å². The van der Waals surface area contributed by atoms with Crippen LogP contribution in [0.1, 0.15) is 36.5 Å². The van der Waals surface area contributed by atoms with Gasteiger partial charge in [0.15, 0.2) is 11.6 Å². The minimum absolute atomic E-state index is 0.151. The summed E-state index contributed by atoms with van der Waals surface area (Å²) in [6, 6.07) is 5.27. The van der Waals surface area contributed by atoms with Crippen molar-refractivity contribution in [3.05, 3.63) is 29.6 Å². The molecular weight excluding hydrogens is 231 g/mol. The Balaban J connectivity index is 2.15. The molecule has 2 rings (SSSR count). The molecule has 1 saturated heterocycles. The molecule has 1 aromatic carbocycles. The molecule has 1 aliphatic heterocycles. The summed E-state index contributed by atoms with van der Waals surface area (Å²) in [6.45, 7) is 3.65. The van der Waals surface area contributed by atoms with Crippen LogP contribution in [0, 0.1) is 5.82 Å². The largest absolute Gasteiger partial charge is 0.380 e. The monoisotopic (exact) mass is 250 g/mol. The predicted molar refractivity (Wildman–Crippen MR) is 70.5 cm³/mol. The zero-order valence-electron chi connectivity index (χ0n) is 10.6. The smallest absolute Gasteiger partial charge is 0.165 e. The maximum Gasteiger partial charge on any atom is 0.165 e. The second-order valence-electron chi connectivity index (χ2n) is 4.61. The molecule has 0 saturated carbocycles. The van der Waals surface area contributed by atoms with Crippen LogP contribution in [0.4, 0.5) is 10.1 Å². The highest BCUT2D eigenvalue weighted by atomic mass is 19.1. The fourth-order valence-corrected chi connectivity index (χ4v) is 2.24. The lowest BCUT2D eigenvalue weighted by Gasteiger charge is -2.25. The molecule has 1 aliphatic rings. The number of nitrogens with one attached hydrogen (secondary N) is 2. The fourth-order valence-electron chi connectivity index (χ4n) is 2.24. The van der Waals surface area contributed by atoms with E-state index >= 15 is 0 Å². The van der Waals surface area contributed by atoms with Gasteiger partial charge in [0.2, 0.25) is 0 Å². The van der Waals surface area contributed by atoms with Gasteiger partial charge in [-0.05, 0) is 38.1 Å². The number of carbonyl (C=O) groups excluding carboxylic acids is 1. The van der Waals surface area contributed by atoms with Crippen LogP contribution in [0.25, 0.3) is 0 Å². The van der Waals surface area contributed by atoms with Crippen LogP contribution >= 0.6 is 0 Å². The van der Waals surface area contributed by atoms with Gasteiger partial charge in [-0.25, -0.2) is 4.39 Å². The number of halogens is 1. The van der Waals surface area contributed by atoms with Crippen molar-refractivity contribution in [3.63, 3.8) is 0 Å². The van der Waals surface area contributed by atoms with Gasteiger partial charge >= 0.3 is 0 Å². The van der Waals surface area contributed by atoms with E-state index in [1.165, 1.54) is 0 Å². The van der Waals surface area contributed by atoms with Crippen LogP contribution in [0.15, 0.2) is 18.2 Å². The van der Waals surface area contributed by atoms with E-state index in [-0.39, 0.29) is 17.4 Å². The number of ketones is 1. The first kappa shape index (κ1) is 13.0. The van der Waals surface area contributed by atoms with Crippen molar-refractivity contribution < 1.29 is 9.18 Å². The second-order valence-corrected chi connectivity index (χ2v) is 4.61. The lowest BCUT2D eigenvalue weighted by Crippen LogP contribution is -2.35. The van der Waals surface area contributed by atoms with Gasteiger partial charge in [-0.3, -0.25) is 4.79 Å². The second kappa shape index (κ2) is 5.96. The summed E-state index contributed by atoms with van der Waals surface area (Å²) in [5.41, 5.74) is 0.637. The third kappa shape index (κ3) is 2.88. The summed E-state index contributed by atoms with van der Waals surface area (Å²) in [7, 11) is 0. The predicted octanol–water partition coefficient (Wildman–Crippen LogP) is 2.58. The zero-order valence-corrected chi connectivity index (χ0v) is 10.6. The van der Waals surface area contributed by atoms with Crippen LogP contribution < -0.4 is 10.6 Å². The Morgan fingerprint density at radius 3 is 2.83 bits per heavy atom. The van der Waals surface area contributed by atoms with E-state index in [0.717, 1.165) is 25.9 Å². The molecule has 0 spiro atoms. The Kier molecular flexibility index (Phi) is 4.31. The molecule has 0 unspecified atom stereocenters. The third-order valence-corrected chi connectivity index (χ3v) is 3.32. The third-order valence-electron chi connectivity index (χ3n) is 3.32. The first-order valence-corrected chi connectivity index (χ1v) is 6.51. The van der Waals surface area contributed by atoms with E-state index in [2.05, 4.69) is 10.6 Å². The van der Waals surface area contributed by atoms with E-state index in [4.69, 9.17) is 0 Å². The standard InChI is InChI=1S/C14H19FN2O/c1-2-13(18)11-4-3-5-12(14(11)15)17-10-6-8-16-9-7-10/h3-5,10,16-17H,2,6-9H2,1H3. The molecule has 0 amide bonds. The summed E-state index contributed by atoms with van der Waals surface area (Å²) >= 11 is 0. The lowest BCUT2D eigenvalue weighted by molar-refractivity contribution is 0.0984. The molecule has 18 heavy (non-hydrogen) atoms. The van der Waals surface area contributed by atoms with Gasteiger partial charge in [0.05, 0.1) is 11.3 Å². The minimum Gasteiger partial charge on any atom is -0.380 e. The maximum atomic E-state index is 14.2. The first-order valence-electron chi connectivity index (χ1n) is 6.51. The van der Waals surface area contributed by atoms with Crippen LogP contribution in [0.3, 0.4) is 0 Å². The Morgan fingerprint density at radius 1 is 1.44 bits per heavy atom. The van der Waals surface area contributed by atoms with E-state index in [0.29, 0.717) is 12.1 Å². The van der Waals surface area contributed by atoms with Crippen molar-refractivity contribution >= 4 is 11.5 Å². The summed E-state index contributed by atoms with van der Waals surface area (Å²) in [4.78, 5) is 11.6. The number of hydrogen-bond acceptors (Lipinski definition) is 3. The molecule has 1 aromatic rings. The summed E-state index contributed by atoms with van der Waals surface area (Å²) in [5.74, 6) is -0.565. The van der Waals surface area contributed by atoms with Crippen LogP contribution in [0.5, 0.6) is 0 Å². The van der Waals surface area contributed by atoms with Crippen molar-refractivity contribution in [3.8, 4) is 0 Å². The van der Waals surface area contributed by atoms with Crippen LogP contribution in [0.2, 0.25) is 0 Å². The van der Waals surface area contributed by atoms with E-state index in [1.54, 1.807) is 25.1 Å². The molecule has 0 aliphatic carbocycles. The van der Waals surface area contributed by atoms with E-state index < -0.39 is 5.82 Å². The number of rotatable bonds is 4. The van der Waals surface area contributed by atoms with Gasteiger partial charge in [-0.1, -0.05) is 13.0 Å². The quantitative estimate of drug-likeness (QED) is 0.807. The molecule has 98 valence electrons. The topological polar surface area (TPSA) is 41.1 Å². The van der Waals surface area contributed by atoms with Crippen molar-refractivity contribution in [2.24, 2.45) is 0 Å². The summed E-state index contributed by atoms with van der Waals surface area (Å²) < 4.78 is 14.2. The van der Waals surface area contributed by atoms with Crippen molar-refractivity contribution in [2.45, 2.75) is 32.2 Å². The van der Waals surface area contributed by atoms with E-state index in [1.807, 2.05) is 0 Å². The minimum atomic E-state index is -0.414. The Labute approximate surface area is 107 Å². The molecular formula is C14H19FN2O. The Morgan fingerprint density at radius 2 is 2.17 bits per heavy atom. The Hall–Kier alpha value is -1.42. The molecule has 0 atom stereocenters. The van der Waals surface area contributed by atoms with Crippen molar-refractivity contribution in [2.75, 3.05) is 18.4 Å². The molecule has 0 aromatic heterocycles. The molecule has 1 fully saturated rings. The Bertz CT molecular complexity index is 428. The molecule has 2 N–H and O–H groups in total. The van der Waals surface area contributed by atoms with Gasteiger partial charge in [0.1, 0.15) is 0 Å². The van der Waals surface area contributed by atoms with Gasteiger partial charge in [-0.2, -0.15) is 0 Å². The number of anilines is 1. The highest BCUT2D eigenvalue weighted by molar-refractivity contribution is 5.97. The summed E-state index contributed by atoms with van der Waals surface area (Å²) in [6.07, 6.45) is 2.28. The average Bonchev–Trinajstić information content (AvgIpc) is 2.41. The normalized spacial score (nSPS) is 16.6. The molecule has 4 heteroatoms. The summed E-state index contributed by atoms with van der Waals surface area (Å²) in [5, 5.41) is 6.47. The molecule has 0 bridgehead atoms. The SMILES string of the molecule is CCC(=O)c1cccc(NC2CCNCC2)c1F. The van der Waals surface area contributed by atoms with Gasteiger partial charge in [-0.15, -0.1) is 0 Å². The van der Waals surface area contributed by atoms with Crippen molar-refractivity contribution in [1.82, 2.24) is 5.32 Å². The zero-order chi connectivity index (χ0) is 13.0. The number of piperidine rings is 1. The molecule has 1 heterocycles.